The van der Waals surface area contributed by atoms with Gasteiger partial charge < -0.3 is 15.0 Å². The number of nitrogens with one attached hydrogen (secondary N) is 2. The smallest absolute Gasteiger partial charge is 0.229 e. The first-order chi connectivity index (χ1) is 15.5. The molecule has 2 N–H and O–H groups in total. The molecular weight excluding hydrogens is 426 g/mol. The van der Waals surface area contributed by atoms with Crippen LogP contribution in [0.25, 0.3) is 11.0 Å². The molecular formula is C22H29N7O2S. The summed E-state index contributed by atoms with van der Waals surface area (Å²) < 4.78 is 21.9. The number of methoxy groups -OCH3 is 1. The van der Waals surface area contributed by atoms with Crippen molar-refractivity contribution in [3.05, 3.63) is 35.7 Å². The van der Waals surface area contributed by atoms with Crippen LogP contribution in [0.3, 0.4) is 0 Å². The lowest BCUT2D eigenvalue weighted by atomic mass is 9.80. The zero-order chi connectivity index (χ0) is 22.2. The summed E-state index contributed by atoms with van der Waals surface area (Å²) in [5, 5.41) is 8.86. The molecule has 1 atom stereocenters. The van der Waals surface area contributed by atoms with Crippen molar-refractivity contribution in [2.24, 2.45) is 5.92 Å². The van der Waals surface area contributed by atoms with Crippen molar-refractivity contribution in [3.63, 3.8) is 0 Å². The molecule has 5 rings (SSSR count). The van der Waals surface area contributed by atoms with Crippen LogP contribution in [-0.2, 0) is 24.0 Å². The van der Waals surface area contributed by atoms with E-state index in [1.54, 1.807) is 13.4 Å². The molecule has 3 aromatic rings. The van der Waals surface area contributed by atoms with E-state index in [0.29, 0.717) is 17.9 Å². The summed E-state index contributed by atoms with van der Waals surface area (Å²) in [5.74, 6) is 1.84. The van der Waals surface area contributed by atoms with Crippen molar-refractivity contribution in [1.82, 2.24) is 29.4 Å². The number of nitrogens with zero attached hydrogens (tertiary/aromatic N) is 5. The van der Waals surface area contributed by atoms with E-state index in [1.807, 2.05) is 17.1 Å². The standard InChI is InChI=1S/C22H29N7O2S/c1-28-5-4-15-9-20(31-2)19(8-16(15)13-28)26-22-23-11-17-12-24-29(21(17)27-22)18-6-14(7-18)10-25-32(3)30/h8-9,11-12,14,18,25H,4-7,10,13H2,1-3H3,(H,23,26,27). The Morgan fingerprint density at radius 3 is 2.88 bits per heavy atom. The van der Waals surface area contributed by atoms with Crippen LogP contribution in [-0.4, -0.2) is 62.4 Å². The van der Waals surface area contributed by atoms with Gasteiger partial charge in [-0.15, -0.1) is 0 Å². The summed E-state index contributed by atoms with van der Waals surface area (Å²) in [6.45, 7) is 2.75. The quantitative estimate of drug-likeness (QED) is 0.565. The van der Waals surface area contributed by atoms with Gasteiger partial charge in [-0.3, -0.25) is 0 Å². The maximum atomic E-state index is 11.2. The number of anilines is 2. The van der Waals surface area contributed by atoms with Crippen LogP contribution in [0.2, 0.25) is 0 Å². The van der Waals surface area contributed by atoms with Gasteiger partial charge in [0, 0.05) is 32.1 Å². The van der Waals surface area contributed by atoms with E-state index in [4.69, 9.17) is 9.72 Å². The first-order valence-electron chi connectivity index (χ1n) is 10.9. The lowest BCUT2D eigenvalue weighted by Gasteiger charge is -2.35. The molecule has 9 nitrogen and oxygen atoms in total. The van der Waals surface area contributed by atoms with Crippen LogP contribution in [0, 0.1) is 5.92 Å². The highest BCUT2D eigenvalue weighted by Crippen LogP contribution is 2.38. The number of rotatable bonds is 7. The molecule has 0 spiro atoms. The first-order valence-corrected chi connectivity index (χ1v) is 12.5. The molecule has 10 heteroatoms. The van der Waals surface area contributed by atoms with Gasteiger partial charge in [0.25, 0.3) is 0 Å². The number of fused-ring (bicyclic) bond motifs is 2. The largest absolute Gasteiger partial charge is 0.495 e. The fraction of sp³-hybridized carbons (Fsp3) is 0.500. The van der Waals surface area contributed by atoms with E-state index in [-0.39, 0.29) is 0 Å². The molecule has 170 valence electrons. The predicted molar refractivity (Wildman–Crippen MR) is 125 cm³/mol. The Morgan fingerprint density at radius 2 is 2.09 bits per heavy atom. The minimum atomic E-state index is -0.967. The lowest BCUT2D eigenvalue weighted by Crippen LogP contribution is -2.35. The molecule has 0 radical (unpaired) electrons. The van der Waals surface area contributed by atoms with Gasteiger partial charge in [-0.1, -0.05) is 0 Å². The number of benzene rings is 1. The fourth-order valence-electron chi connectivity index (χ4n) is 4.58. The molecule has 32 heavy (non-hydrogen) atoms. The summed E-state index contributed by atoms with van der Waals surface area (Å²) in [6.07, 6.45) is 8.32. The van der Waals surface area contributed by atoms with Crippen LogP contribution in [0.1, 0.15) is 30.0 Å². The Hall–Kier alpha value is -2.56. The Kier molecular flexibility index (Phi) is 5.83. The van der Waals surface area contributed by atoms with Gasteiger partial charge in [0.15, 0.2) is 5.65 Å². The van der Waals surface area contributed by atoms with Crippen molar-refractivity contribution >= 4 is 33.7 Å². The first kappa shape index (κ1) is 21.3. The second-order valence-corrected chi connectivity index (χ2v) is 9.99. The second kappa shape index (κ2) is 8.76. The van der Waals surface area contributed by atoms with Gasteiger partial charge >= 0.3 is 0 Å². The van der Waals surface area contributed by atoms with Crippen LogP contribution in [0.15, 0.2) is 24.5 Å². The monoisotopic (exact) mass is 455 g/mol. The topological polar surface area (TPSA) is 97.2 Å². The van der Waals surface area contributed by atoms with Crippen molar-refractivity contribution in [2.75, 3.05) is 38.8 Å². The summed E-state index contributed by atoms with van der Waals surface area (Å²) in [5.41, 5.74) is 4.33. The molecule has 0 bridgehead atoms. The Morgan fingerprint density at radius 1 is 1.25 bits per heavy atom. The summed E-state index contributed by atoms with van der Waals surface area (Å²) in [7, 11) is 2.86. The van der Waals surface area contributed by atoms with Crippen LogP contribution >= 0.6 is 0 Å². The van der Waals surface area contributed by atoms with Crippen LogP contribution in [0.4, 0.5) is 11.6 Å². The normalized spacial score (nSPS) is 21.7. The highest BCUT2D eigenvalue weighted by atomic mass is 32.2. The van der Waals surface area contributed by atoms with Crippen molar-refractivity contribution in [1.29, 1.82) is 0 Å². The molecule has 0 amide bonds. The lowest BCUT2D eigenvalue weighted by molar-refractivity contribution is 0.190. The third kappa shape index (κ3) is 4.22. The van der Waals surface area contributed by atoms with Gasteiger partial charge in [-0.25, -0.2) is 18.6 Å². The van der Waals surface area contributed by atoms with E-state index in [0.717, 1.165) is 61.4 Å². The SMILES string of the molecule is COc1cc2c(cc1Nc1ncc3cnn(C4CC(CNS(C)=O)C4)c3n1)CN(C)CC2. The Balaban J connectivity index is 1.36. The average molecular weight is 456 g/mol. The Labute approximate surface area is 190 Å². The molecule has 2 aliphatic rings. The van der Waals surface area contributed by atoms with E-state index >= 15 is 0 Å². The zero-order valence-electron chi connectivity index (χ0n) is 18.7. The van der Waals surface area contributed by atoms with Gasteiger partial charge in [0.2, 0.25) is 5.95 Å². The molecule has 1 saturated carbocycles. The maximum Gasteiger partial charge on any atom is 0.229 e. The predicted octanol–water partition coefficient (Wildman–Crippen LogP) is 2.40. The molecule has 1 unspecified atom stereocenters. The van der Waals surface area contributed by atoms with Crippen LogP contribution < -0.4 is 14.8 Å². The number of hydrogen-bond acceptors (Lipinski definition) is 7. The van der Waals surface area contributed by atoms with Crippen molar-refractivity contribution in [3.8, 4) is 5.75 Å². The van der Waals surface area contributed by atoms with Gasteiger partial charge in [-0.05, 0) is 55.5 Å². The molecule has 1 aliphatic carbocycles. The minimum absolute atomic E-state index is 0.307. The van der Waals surface area contributed by atoms with E-state index in [2.05, 4.69) is 44.2 Å². The fourth-order valence-corrected chi connectivity index (χ4v) is 5.05. The van der Waals surface area contributed by atoms with Crippen LogP contribution in [0.5, 0.6) is 5.75 Å². The molecule has 3 heterocycles. The highest BCUT2D eigenvalue weighted by Gasteiger charge is 2.32. The number of likely N-dealkylation sites (N-methyl/N-ethyl adjacent to an activating group) is 1. The molecule has 0 saturated heterocycles. The number of ether oxygens (including phenoxy) is 1. The van der Waals surface area contributed by atoms with E-state index in [1.165, 1.54) is 11.1 Å². The third-order valence-electron chi connectivity index (χ3n) is 6.44. The van der Waals surface area contributed by atoms with E-state index < -0.39 is 11.0 Å². The third-order valence-corrected chi connectivity index (χ3v) is 7.01. The zero-order valence-corrected chi connectivity index (χ0v) is 19.5. The average Bonchev–Trinajstić information content (AvgIpc) is 3.15. The summed E-state index contributed by atoms with van der Waals surface area (Å²) in [6, 6.07) is 4.58. The summed E-state index contributed by atoms with van der Waals surface area (Å²) >= 11 is 0. The van der Waals surface area contributed by atoms with Gasteiger partial charge in [-0.2, -0.15) is 10.1 Å². The minimum Gasteiger partial charge on any atom is -0.495 e. The van der Waals surface area contributed by atoms with Gasteiger partial charge in [0.1, 0.15) is 5.75 Å². The molecule has 1 fully saturated rings. The van der Waals surface area contributed by atoms with Crippen molar-refractivity contribution in [2.45, 2.75) is 31.8 Å². The Bertz CT molecular complexity index is 1160. The highest BCUT2D eigenvalue weighted by molar-refractivity contribution is 7.82. The molecule has 1 aliphatic heterocycles. The molecule has 2 aromatic heterocycles. The number of aromatic nitrogens is 4. The maximum absolute atomic E-state index is 11.2. The van der Waals surface area contributed by atoms with Crippen molar-refractivity contribution < 1.29 is 8.95 Å². The van der Waals surface area contributed by atoms with Gasteiger partial charge in [0.05, 0.1) is 41.4 Å². The van der Waals surface area contributed by atoms with E-state index in [9.17, 15) is 4.21 Å². The summed E-state index contributed by atoms with van der Waals surface area (Å²) in [4.78, 5) is 11.6. The second-order valence-electron chi connectivity index (χ2n) is 8.79. The molecule has 1 aromatic carbocycles. The number of hydrogen-bond donors (Lipinski definition) is 2.